The van der Waals surface area contributed by atoms with Crippen molar-refractivity contribution in [2.45, 2.75) is 12.3 Å². The fourth-order valence-electron chi connectivity index (χ4n) is 0.893. The number of nitrogens with zero attached hydrogens (tertiary/aromatic N) is 2. The van der Waals surface area contributed by atoms with Gasteiger partial charge in [-0.2, -0.15) is 9.65 Å². The topological polar surface area (TPSA) is 36.7 Å². The largest absolute Gasteiger partial charge is 0.268 e. The fourth-order valence-corrected chi connectivity index (χ4v) is 1.10. The van der Waals surface area contributed by atoms with Crippen LogP contribution in [0.4, 0.5) is 13.2 Å². The molecule has 74 valence electrons. The van der Waals surface area contributed by atoms with E-state index in [0.717, 1.165) is 6.07 Å². The van der Waals surface area contributed by atoms with E-state index in [1.807, 2.05) is 0 Å². The minimum absolute atomic E-state index is 0.0314. The Kier molecular flexibility index (Phi) is 3.31. The molecule has 0 saturated heterocycles. The van der Waals surface area contributed by atoms with Gasteiger partial charge in [-0.05, 0) is 6.07 Å². The maximum Gasteiger partial charge on any atom is 0.268 e. The molecule has 0 aliphatic rings. The molecule has 0 aliphatic carbocycles. The van der Waals surface area contributed by atoms with Crippen molar-refractivity contribution in [3.63, 3.8) is 0 Å². The molecule has 0 aliphatic heterocycles. The summed E-state index contributed by atoms with van der Waals surface area (Å²) in [6, 6.07) is 2.39. The maximum absolute atomic E-state index is 12.8. The van der Waals surface area contributed by atoms with Crippen LogP contribution in [0.3, 0.4) is 0 Å². The van der Waals surface area contributed by atoms with E-state index >= 15 is 0 Å². The van der Waals surface area contributed by atoms with Crippen molar-refractivity contribution >= 4 is 11.6 Å². The van der Waals surface area contributed by atoms with Gasteiger partial charge in [0.15, 0.2) is 0 Å². The first-order valence-corrected chi connectivity index (χ1v) is 4.07. The van der Waals surface area contributed by atoms with Crippen molar-refractivity contribution in [3.05, 3.63) is 28.8 Å². The number of rotatable bonds is 2. The molecule has 1 aromatic rings. The van der Waals surface area contributed by atoms with Crippen molar-refractivity contribution in [2.75, 3.05) is 0 Å². The zero-order valence-corrected chi connectivity index (χ0v) is 7.52. The highest BCUT2D eigenvalue weighted by molar-refractivity contribution is 6.17. The Balaban J connectivity index is 3.32. The first-order chi connectivity index (χ1) is 6.60. The predicted molar refractivity (Wildman–Crippen MR) is 43.4 cm³/mol. The first-order valence-electron chi connectivity index (χ1n) is 3.53. The van der Waals surface area contributed by atoms with Crippen molar-refractivity contribution in [3.8, 4) is 6.07 Å². The lowest BCUT2D eigenvalue weighted by molar-refractivity contribution is 0.145. The lowest BCUT2D eigenvalue weighted by Crippen LogP contribution is -2.01. The van der Waals surface area contributed by atoms with Crippen LogP contribution in [0.5, 0.6) is 0 Å². The third kappa shape index (κ3) is 1.96. The monoisotopic (exact) mass is 220 g/mol. The lowest BCUT2D eigenvalue weighted by Gasteiger charge is -2.04. The average molecular weight is 221 g/mol. The van der Waals surface area contributed by atoms with Gasteiger partial charge in [-0.25, -0.2) is 13.8 Å². The third-order valence-corrected chi connectivity index (χ3v) is 1.82. The highest BCUT2D eigenvalue weighted by Crippen LogP contribution is 2.23. The smallest absolute Gasteiger partial charge is 0.222 e. The molecule has 0 aromatic carbocycles. The predicted octanol–water partition coefficient (Wildman–Crippen LogP) is 2.77. The Morgan fingerprint density at radius 3 is 2.64 bits per heavy atom. The maximum atomic E-state index is 12.8. The van der Waals surface area contributed by atoms with E-state index in [-0.39, 0.29) is 17.1 Å². The average Bonchev–Trinajstić information content (AvgIpc) is 2.16. The van der Waals surface area contributed by atoms with E-state index in [9.17, 15) is 13.2 Å². The molecular weight excluding hydrogens is 217 g/mol. The Labute approximate surface area is 82.9 Å². The van der Waals surface area contributed by atoms with Gasteiger partial charge in [0, 0.05) is 0 Å². The van der Waals surface area contributed by atoms with Crippen LogP contribution in [0.1, 0.15) is 23.2 Å². The van der Waals surface area contributed by atoms with E-state index in [4.69, 9.17) is 16.9 Å². The summed E-state index contributed by atoms with van der Waals surface area (Å²) in [6.07, 6.45) is -2.99. The van der Waals surface area contributed by atoms with E-state index < -0.39 is 17.9 Å². The molecule has 0 saturated carbocycles. The second-order valence-corrected chi connectivity index (χ2v) is 2.68. The van der Waals surface area contributed by atoms with E-state index in [2.05, 4.69) is 4.98 Å². The van der Waals surface area contributed by atoms with Crippen molar-refractivity contribution < 1.29 is 13.2 Å². The van der Waals surface area contributed by atoms with Crippen LogP contribution in [-0.4, -0.2) is 4.98 Å². The summed E-state index contributed by atoms with van der Waals surface area (Å²) in [5, 5.41) is 8.53. The number of pyridine rings is 1. The molecular formula is C8H4ClF3N2. The molecule has 0 amide bonds. The Hall–Kier alpha value is -1.28. The molecule has 0 atom stereocenters. The third-order valence-electron chi connectivity index (χ3n) is 1.56. The summed E-state index contributed by atoms with van der Waals surface area (Å²) in [6.45, 7) is 0. The van der Waals surface area contributed by atoms with Crippen LogP contribution < -0.4 is 0 Å². The fraction of sp³-hybridized carbons (Fsp3) is 0.250. The van der Waals surface area contributed by atoms with Crippen LogP contribution >= 0.6 is 11.6 Å². The van der Waals surface area contributed by atoms with Crippen molar-refractivity contribution in [2.24, 2.45) is 0 Å². The SMILES string of the molecule is N#Cc1cc(C(F)F)c(F)nc1CCl. The Bertz CT molecular complexity index is 387. The van der Waals surface area contributed by atoms with Gasteiger partial charge < -0.3 is 0 Å². The molecule has 1 rings (SSSR count). The zero-order chi connectivity index (χ0) is 10.7. The summed E-state index contributed by atoms with van der Waals surface area (Å²) >= 11 is 5.35. The number of halogens is 4. The normalized spacial score (nSPS) is 10.3. The first kappa shape index (κ1) is 10.8. The molecule has 1 aromatic heterocycles. The minimum atomic E-state index is -2.99. The van der Waals surface area contributed by atoms with Crippen molar-refractivity contribution in [1.82, 2.24) is 4.98 Å². The summed E-state index contributed by atoms with van der Waals surface area (Å²) in [5.41, 5.74) is -1.04. The zero-order valence-electron chi connectivity index (χ0n) is 6.77. The molecule has 0 unspecified atom stereocenters. The van der Waals surface area contributed by atoms with Crippen LogP contribution in [0.2, 0.25) is 0 Å². The summed E-state index contributed by atoms with van der Waals surface area (Å²) < 4.78 is 37.2. The number of hydrogen-bond donors (Lipinski definition) is 0. The second-order valence-electron chi connectivity index (χ2n) is 2.41. The molecule has 0 fully saturated rings. The van der Waals surface area contributed by atoms with Gasteiger partial charge in [-0.1, -0.05) is 0 Å². The highest BCUT2D eigenvalue weighted by Gasteiger charge is 2.17. The van der Waals surface area contributed by atoms with Crippen LogP contribution in [0, 0.1) is 17.3 Å². The Morgan fingerprint density at radius 2 is 2.21 bits per heavy atom. The summed E-state index contributed by atoms with van der Waals surface area (Å²) in [5.74, 6) is -1.47. The summed E-state index contributed by atoms with van der Waals surface area (Å²) in [4.78, 5) is 3.18. The molecule has 0 N–H and O–H groups in total. The molecule has 0 bridgehead atoms. The van der Waals surface area contributed by atoms with Crippen LogP contribution in [0.15, 0.2) is 6.07 Å². The lowest BCUT2D eigenvalue weighted by atomic mass is 10.1. The number of hydrogen-bond acceptors (Lipinski definition) is 2. The molecule has 0 spiro atoms. The molecule has 0 radical (unpaired) electrons. The Morgan fingerprint density at radius 1 is 1.57 bits per heavy atom. The van der Waals surface area contributed by atoms with Gasteiger partial charge in [0.2, 0.25) is 5.95 Å². The van der Waals surface area contributed by atoms with Crippen molar-refractivity contribution in [1.29, 1.82) is 5.26 Å². The van der Waals surface area contributed by atoms with Gasteiger partial charge in [0.25, 0.3) is 6.43 Å². The molecule has 6 heteroatoms. The van der Waals surface area contributed by atoms with Gasteiger partial charge in [-0.3, -0.25) is 0 Å². The van der Waals surface area contributed by atoms with E-state index in [0.29, 0.717) is 0 Å². The van der Waals surface area contributed by atoms with E-state index in [1.165, 1.54) is 0 Å². The van der Waals surface area contributed by atoms with Crippen LogP contribution in [0.25, 0.3) is 0 Å². The molecule has 14 heavy (non-hydrogen) atoms. The number of aromatic nitrogens is 1. The number of alkyl halides is 3. The molecule has 2 nitrogen and oxygen atoms in total. The van der Waals surface area contributed by atoms with Gasteiger partial charge in [0.05, 0.1) is 22.7 Å². The second kappa shape index (κ2) is 4.29. The standard InChI is InChI=1S/C8H4ClF3N2/c9-2-6-4(3-13)1-5(7(10)11)8(12)14-6/h1,7H,2H2. The van der Waals surface area contributed by atoms with Gasteiger partial charge in [0.1, 0.15) is 6.07 Å². The van der Waals surface area contributed by atoms with E-state index in [1.54, 1.807) is 6.07 Å². The van der Waals surface area contributed by atoms with Gasteiger partial charge >= 0.3 is 0 Å². The minimum Gasteiger partial charge on any atom is -0.222 e. The quantitative estimate of drug-likeness (QED) is 0.568. The molecule has 1 heterocycles. The summed E-state index contributed by atoms with van der Waals surface area (Å²) in [7, 11) is 0. The number of nitriles is 1. The van der Waals surface area contributed by atoms with Crippen LogP contribution in [-0.2, 0) is 5.88 Å². The highest BCUT2D eigenvalue weighted by atomic mass is 35.5. The van der Waals surface area contributed by atoms with Gasteiger partial charge in [-0.15, -0.1) is 11.6 Å².